The molecule has 0 bridgehead atoms. The molecule has 0 fully saturated rings. The van der Waals surface area contributed by atoms with Crippen LogP contribution in [0, 0.1) is 0 Å². The number of hydrogen-bond donors (Lipinski definition) is 0. The Morgan fingerprint density at radius 2 is 1.06 bits per heavy atom. The number of ether oxygens (including phenoxy) is 1. The topological polar surface area (TPSA) is 43.4 Å². The van der Waals surface area contributed by atoms with E-state index >= 15 is 0 Å². The van der Waals surface area contributed by atoms with Gasteiger partial charge >= 0.3 is 11.4 Å². The normalized spacial score (nSPS) is 18.7. The maximum atomic E-state index is 13.2. The van der Waals surface area contributed by atoms with Gasteiger partial charge in [-0.2, -0.15) is 0 Å². The zero-order chi connectivity index (χ0) is 22.4. The summed E-state index contributed by atoms with van der Waals surface area (Å²) in [5.74, 6) is 0. The summed E-state index contributed by atoms with van der Waals surface area (Å²) >= 11 is 0. The molecule has 2 heterocycles. The average Bonchev–Trinajstić information content (AvgIpc) is 2.87. The Morgan fingerprint density at radius 3 is 1.55 bits per heavy atom. The Kier molecular flexibility index (Phi) is 5.18. The van der Waals surface area contributed by atoms with Gasteiger partial charge in [0.2, 0.25) is 0 Å². The molecule has 0 N–H and O–H groups in total. The first-order valence-electron chi connectivity index (χ1n) is 10.9. The number of fused-ring (bicyclic) bond motifs is 6. The SMILES string of the molecule is O=C(OC(=O)P1CC=Cc2c1ccc1ccccc21)P1CC=Cc2c1ccc1ccccc21. The first-order valence-corrected chi connectivity index (χ1v) is 13.9. The molecule has 0 saturated carbocycles. The van der Waals surface area contributed by atoms with Crippen LogP contribution in [0.3, 0.4) is 0 Å². The molecule has 2 aliphatic heterocycles. The largest absolute Gasteiger partial charge is 0.386 e. The molecule has 160 valence electrons. The van der Waals surface area contributed by atoms with Crippen molar-refractivity contribution in [1.82, 2.24) is 0 Å². The molecule has 0 saturated heterocycles. The number of rotatable bonds is 2. The summed E-state index contributed by atoms with van der Waals surface area (Å²) in [4.78, 5) is 26.4. The Hall–Kier alpha value is -3.12. The number of carbonyl (C=O) groups excluding carboxylic acids is 2. The van der Waals surface area contributed by atoms with Gasteiger partial charge in [-0.3, -0.25) is 0 Å². The molecule has 4 aromatic rings. The monoisotopic (exact) mass is 466 g/mol. The molecule has 2 aliphatic rings. The highest BCUT2D eigenvalue weighted by atomic mass is 31.1. The fourth-order valence-electron chi connectivity index (χ4n) is 4.67. The average molecular weight is 466 g/mol. The minimum Gasteiger partial charge on any atom is -0.386 e. The van der Waals surface area contributed by atoms with E-state index in [0.29, 0.717) is 12.3 Å². The molecule has 6 rings (SSSR count). The van der Waals surface area contributed by atoms with Gasteiger partial charge in [-0.15, -0.1) is 0 Å². The second kappa shape index (κ2) is 8.34. The molecule has 5 heteroatoms. The fraction of sp³-hybridized carbons (Fsp3) is 0.0714. The van der Waals surface area contributed by atoms with Crippen molar-refractivity contribution in [3.8, 4) is 0 Å². The Balaban J connectivity index is 1.29. The maximum absolute atomic E-state index is 13.2. The van der Waals surface area contributed by atoms with E-state index in [4.69, 9.17) is 4.74 Å². The smallest absolute Gasteiger partial charge is 0.338 e. The van der Waals surface area contributed by atoms with Gasteiger partial charge < -0.3 is 4.74 Å². The molecular formula is C28H20O3P2. The highest BCUT2D eigenvalue weighted by Crippen LogP contribution is 2.47. The van der Waals surface area contributed by atoms with Crippen LogP contribution in [0.4, 0.5) is 9.59 Å². The molecule has 3 nitrogen and oxygen atoms in total. The van der Waals surface area contributed by atoms with Gasteiger partial charge in [0.15, 0.2) is 0 Å². The third kappa shape index (κ3) is 3.53. The van der Waals surface area contributed by atoms with Crippen LogP contribution in [0.5, 0.6) is 0 Å². The zero-order valence-electron chi connectivity index (χ0n) is 17.8. The predicted octanol–water partition coefficient (Wildman–Crippen LogP) is 7.22. The third-order valence-corrected chi connectivity index (χ3v) is 10.4. The summed E-state index contributed by atoms with van der Waals surface area (Å²) in [6.45, 7) is 0. The maximum Gasteiger partial charge on any atom is 0.338 e. The summed E-state index contributed by atoms with van der Waals surface area (Å²) in [6, 6.07) is 24.5. The van der Waals surface area contributed by atoms with Gasteiger partial charge in [-0.1, -0.05) is 97.1 Å². The summed E-state index contributed by atoms with van der Waals surface area (Å²) < 4.78 is 5.58. The van der Waals surface area contributed by atoms with Gasteiger partial charge in [-0.05, 0) is 43.3 Å². The van der Waals surface area contributed by atoms with Crippen molar-refractivity contribution in [1.29, 1.82) is 0 Å². The second-order valence-electron chi connectivity index (χ2n) is 8.10. The van der Waals surface area contributed by atoms with Crippen LogP contribution < -0.4 is 10.6 Å². The number of carbonyl (C=O) groups is 2. The first kappa shape index (κ1) is 20.5. The third-order valence-electron chi connectivity index (χ3n) is 6.24. The van der Waals surface area contributed by atoms with Crippen molar-refractivity contribution < 1.29 is 14.3 Å². The van der Waals surface area contributed by atoms with Crippen LogP contribution in [-0.4, -0.2) is 23.7 Å². The minimum absolute atomic E-state index is 0.393. The number of hydrogen-bond acceptors (Lipinski definition) is 3. The molecule has 0 amide bonds. The Labute approximate surface area is 194 Å². The van der Waals surface area contributed by atoms with Crippen LogP contribution in [0.15, 0.2) is 84.9 Å². The van der Waals surface area contributed by atoms with Gasteiger partial charge in [0, 0.05) is 28.2 Å². The quantitative estimate of drug-likeness (QED) is 0.231. The van der Waals surface area contributed by atoms with Gasteiger partial charge in [0.05, 0.1) is 0 Å². The van der Waals surface area contributed by atoms with Gasteiger partial charge in [0.1, 0.15) is 0 Å². The van der Waals surface area contributed by atoms with Crippen LogP contribution in [0.25, 0.3) is 33.7 Å². The van der Waals surface area contributed by atoms with Crippen molar-refractivity contribution in [3.05, 3.63) is 96.1 Å². The highest BCUT2D eigenvalue weighted by Gasteiger charge is 2.32. The van der Waals surface area contributed by atoms with E-state index < -0.39 is 27.3 Å². The highest BCUT2D eigenvalue weighted by molar-refractivity contribution is 7.83. The zero-order valence-corrected chi connectivity index (χ0v) is 19.6. The Morgan fingerprint density at radius 1 is 0.606 bits per heavy atom. The van der Waals surface area contributed by atoms with Gasteiger partial charge in [0.25, 0.3) is 0 Å². The lowest BCUT2D eigenvalue weighted by atomic mass is 10.0. The molecule has 0 aromatic heterocycles. The first-order chi connectivity index (χ1) is 16.2. The van der Waals surface area contributed by atoms with E-state index in [1.165, 1.54) is 0 Å². The molecule has 4 aromatic carbocycles. The second-order valence-corrected chi connectivity index (χ2v) is 12.2. The van der Waals surface area contributed by atoms with E-state index in [1.807, 2.05) is 48.6 Å². The predicted molar refractivity (Wildman–Crippen MR) is 141 cm³/mol. The summed E-state index contributed by atoms with van der Waals surface area (Å²) in [6.07, 6.45) is 9.44. The number of allylic oxidation sites excluding steroid dienone is 2. The molecule has 0 aliphatic carbocycles. The van der Waals surface area contributed by atoms with E-state index in [9.17, 15) is 9.59 Å². The fourth-order valence-corrected chi connectivity index (χ4v) is 8.32. The molecule has 33 heavy (non-hydrogen) atoms. The van der Waals surface area contributed by atoms with Crippen molar-refractivity contribution in [2.75, 3.05) is 12.3 Å². The summed E-state index contributed by atoms with van der Waals surface area (Å²) in [5.41, 5.74) is 1.35. The lowest BCUT2D eigenvalue weighted by Crippen LogP contribution is -2.22. The van der Waals surface area contributed by atoms with Gasteiger partial charge in [-0.25, -0.2) is 9.59 Å². The lowest BCUT2D eigenvalue weighted by Gasteiger charge is -2.24. The molecule has 0 radical (unpaired) electrons. The van der Waals surface area contributed by atoms with Crippen LogP contribution in [-0.2, 0) is 4.74 Å². The molecular weight excluding hydrogens is 446 g/mol. The summed E-state index contributed by atoms with van der Waals surface area (Å²) in [5, 5.41) is 6.52. The van der Waals surface area contributed by atoms with Crippen LogP contribution in [0.2, 0.25) is 0 Å². The lowest BCUT2D eigenvalue weighted by molar-refractivity contribution is 0.185. The molecule has 2 unspecified atom stereocenters. The van der Waals surface area contributed by atoms with E-state index in [2.05, 4.69) is 48.6 Å². The van der Waals surface area contributed by atoms with E-state index in [1.54, 1.807) is 0 Å². The van der Waals surface area contributed by atoms with E-state index in [0.717, 1.165) is 43.3 Å². The van der Waals surface area contributed by atoms with Crippen molar-refractivity contribution in [2.45, 2.75) is 0 Å². The number of benzene rings is 4. The van der Waals surface area contributed by atoms with Crippen LogP contribution in [0.1, 0.15) is 11.1 Å². The standard InChI is InChI=1S/C28H20O3P2/c29-27(32-17-5-11-23-21-9-3-1-7-19(21)13-15-25(23)32)31-28(30)33-18-6-12-24-22-10-4-2-8-20(22)14-16-26(24)33/h1-16H,17-18H2. The van der Waals surface area contributed by atoms with Crippen molar-refractivity contribution in [2.24, 2.45) is 0 Å². The van der Waals surface area contributed by atoms with Crippen molar-refractivity contribution in [3.63, 3.8) is 0 Å². The summed E-state index contributed by atoms with van der Waals surface area (Å²) in [7, 11) is -2.50. The molecule has 2 atom stereocenters. The Bertz CT molecular complexity index is 1390. The molecule has 0 spiro atoms. The minimum atomic E-state index is -1.25. The van der Waals surface area contributed by atoms with Crippen molar-refractivity contribution >= 4 is 71.6 Å². The van der Waals surface area contributed by atoms with E-state index in [-0.39, 0.29) is 0 Å². The van der Waals surface area contributed by atoms with Crippen LogP contribution >= 0.6 is 15.8 Å².